The van der Waals surface area contributed by atoms with Crippen LogP contribution in [0.25, 0.3) is 10.8 Å². The molecule has 1 heterocycles. The SMILES string of the molecule is COCCOC(C(=O)NN=Cc1cc(OC)c(Br)c(OC)c1)c1ccc2cccc(COC(C(=O)NN=Cc3cc(OC)c(Br)c(OC)c3)c3ccc4c(c3)OCCO4)c2c1. The molecular weight excluding hydrogens is 920 g/mol. The number of carbonyl (C=O) groups excluding carboxylic acids is 2. The number of ether oxygens (including phenoxy) is 9. The second-order valence-corrected chi connectivity index (χ2v) is 14.8. The molecule has 2 amide bonds. The summed E-state index contributed by atoms with van der Waals surface area (Å²) in [6, 6.07) is 23.5. The first-order valence-electron chi connectivity index (χ1n) is 18.8. The van der Waals surface area contributed by atoms with E-state index in [9.17, 15) is 9.59 Å². The van der Waals surface area contributed by atoms with Gasteiger partial charge >= 0.3 is 0 Å². The molecule has 5 aromatic carbocycles. The predicted molar refractivity (Wildman–Crippen MR) is 235 cm³/mol. The van der Waals surface area contributed by atoms with Crippen molar-refractivity contribution >= 4 is 66.9 Å². The van der Waals surface area contributed by atoms with Crippen LogP contribution in [0.15, 0.2) is 98.0 Å². The number of hydrazone groups is 2. The van der Waals surface area contributed by atoms with Crippen LogP contribution in [0.2, 0.25) is 0 Å². The first-order chi connectivity index (χ1) is 29.7. The van der Waals surface area contributed by atoms with Crippen molar-refractivity contribution in [3.8, 4) is 34.5 Å². The number of hydrogen-bond donors (Lipinski definition) is 2. The second kappa shape index (κ2) is 21.7. The zero-order valence-corrected chi connectivity index (χ0v) is 37.2. The van der Waals surface area contributed by atoms with Crippen LogP contribution >= 0.6 is 31.9 Å². The monoisotopic (exact) mass is 962 g/mol. The Labute approximate surface area is 369 Å². The quantitative estimate of drug-likeness (QED) is 0.0480. The van der Waals surface area contributed by atoms with Crippen molar-refractivity contribution in [2.75, 3.05) is 62.0 Å². The van der Waals surface area contributed by atoms with Gasteiger partial charge in [-0.3, -0.25) is 9.59 Å². The van der Waals surface area contributed by atoms with Gasteiger partial charge < -0.3 is 42.6 Å². The van der Waals surface area contributed by atoms with Gasteiger partial charge in [0.1, 0.15) is 45.2 Å². The van der Waals surface area contributed by atoms with E-state index in [0.29, 0.717) is 78.9 Å². The highest BCUT2D eigenvalue weighted by Crippen LogP contribution is 2.37. The molecule has 61 heavy (non-hydrogen) atoms. The minimum Gasteiger partial charge on any atom is -0.495 e. The third kappa shape index (κ3) is 11.2. The van der Waals surface area contributed by atoms with Crippen molar-refractivity contribution < 1.29 is 52.2 Å². The molecule has 0 radical (unpaired) electrons. The van der Waals surface area contributed by atoms with Crippen molar-refractivity contribution in [2.24, 2.45) is 10.2 Å². The van der Waals surface area contributed by atoms with Gasteiger partial charge in [-0.05, 0) is 102 Å². The molecule has 2 atom stereocenters. The van der Waals surface area contributed by atoms with Gasteiger partial charge in [0.25, 0.3) is 11.8 Å². The summed E-state index contributed by atoms with van der Waals surface area (Å²) in [4.78, 5) is 27.6. The maximum atomic E-state index is 13.9. The lowest BCUT2D eigenvalue weighted by atomic mass is 9.99. The summed E-state index contributed by atoms with van der Waals surface area (Å²) in [6.45, 7) is 1.19. The van der Waals surface area contributed by atoms with Gasteiger partial charge in [0.05, 0.1) is 60.7 Å². The third-order valence-corrected chi connectivity index (χ3v) is 10.9. The number of halogens is 2. The summed E-state index contributed by atoms with van der Waals surface area (Å²) < 4.78 is 52.3. The van der Waals surface area contributed by atoms with Crippen LogP contribution in [0.1, 0.15) is 40.0 Å². The van der Waals surface area contributed by atoms with Crippen molar-refractivity contribution in [2.45, 2.75) is 18.8 Å². The molecular formula is C44H44Br2N4O11. The van der Waals surface area contributed by atoms with Crippen molar-refractivity contribution in [1.82, 2.24) is 10.9 Å². The third-order valence-electron chi connectivity index (χ3n) is 9.33. The largest absolute Gasteiger partial charge is 0.495 e. The number of rotatable bonds is 19. The molecule has 0 fully saturated rings. The van der Waals surface area contributed by atoms with E-state index < -0.39 is 24.0 Å². The van der Waals surface area contributed by atoms with Gasteiger partial charge in [-0.15, -0.1) is 0 Å². The molecule has 2 unspecified atom stereocenters. The Bertz CT molecular complexity index is 2360. The van der Waals surface area contributed by atoms with Crippen LogP contribution in [0.3, 0.4) is 0 Å². The number of nitrogens with zero attached hydrogens (tertiary/aromatic N) is 2. The Kier molecular flexibility index (Phi) is 15.9. The van der Waals surface area contributed by atoms with E-state index in [1.165, 1.54) is 12.4 Å². The van der Waals surface area contributed by atoms with Crippen LogP contribution < -0.4 is 39.3 Å². The van der Waals surface area contributed by atoms with Crippen LogP contribution in [0, 0.1) is 0 Å². The van der Waals surface area contributed by atoms with Gasteiger partial charge in [0, 0.05) is 18.2 Å². The van der Waals surface area contributed by atoms with E-state index in [-0.39, 0.29) is 19.8 Å². The topological polar surface area (TPSA) is 166 Å². The fourth-order valence-electron chi connectivity index (χ4n) is 6.32. The van der Waals surface area contributed by atoms with Crippen LogP contribution in [0.4, 0.5) is 0 Å². The minimum absolute atomic E-state index is 0.00392. The highest BCUT2D eigenvalue weighted by molar-refractivity contribution is 9.11. The van der Waals surface area contributed by atoms with E-state index in [2.05, 4.69) is 52.9 Å². The Hall–Kier alpha value is -5.72. The molecule has 5 aromatic rings. The van der Waals surface area contributed by atoms with Gasteiger partial charge in [0.15, 0.2) is 23.7 Å². The van der Waals surface area contributed by atoms with E-state index >= 15 is 0 Å². The zero-order chi connectivity index (χ0) is 43.3. The molecule has 2 N–H and O–H groups in total. The number of benzene rings is 5. The summed E-state index contributed by atoms with van der Waals surface area (Å²) in [5, 5.41) is 10.1. The van der Waals surface area contributed by atoms with Crippen molar-refractivity contribution in [1.29, 1.82) is 0 Å². The van der Waals surface area contributed by atoms with Crippen LogP contribution in [-0.2, 0) is 30.4 Å². The molecule has 15 nitrogen and oxygen atoms in total. The maximum Gasteiger partial charge on any atom is 0.273 e. The minimum atomic E-state index is -1.13. The fraction of sp³-hybridized carbons (Fsp3) is 0.273. The molecule has 6 rings (SSSR count). The lowest BCUT2D eigenvalue weighted by Gasteiger charge is -2.22. The molecule has 320 valence electrons. The van der Waals surface area contributed by atoms with E-state index in [1.54, 1.807) is 78.0 Å². The Morgan fingerprint density at radius 2 is 1.18 bits per heavy atom. The van der Waals surface area contributed by atoms with Gasteiger partial charge in [0.2, 0.25) is 0 Å². The van der Waals surface area contributed by atoms with Crippen LogP contribution in [0.5, 0.6) is 34.5 Å². The van der Waals surface area contributed by atoms with E-state index in [1.807, 2.05) is 36.4 Å². The molecule has 17 heteroatoms. The predicted octanol–water partition coefficient (Wildman–Crippen LogP) is 7.43. The average Bonchev–Trinajstić information content (AvgIpc) is 3.28. The van der Waals surface area contributed by atoms with Gasteiger partial charge in [-0.1, -0.05) is 36.4 Å². The highest BCUT2D eigenvalue weighted by atomic mass is 79.9. The average molecular weight is 965 g/mol. The van der Waals surface area contributed by atoms with E-state index in [4.69, 9.17) is 42.6 Å². The highest BCUT2D eigenvalue weighted by Gasteiger charge is 2.26. The molecule has 0 aromatic heterocycles. The smallest absolute Gasteiger partial charge is 0.273 e. The molecule has 1 aliphatic rings. The normalized spacial score (nSPS) is 13.2. The first-order valence-corrected chi connectivity index (χ1v) is 20.4. The number of nitrogens with one attached hydrogen (secondary N) is 2. The van der Waals surface area contributed by atoms with Gasteiger partial charge in [-0.2, -0.15) is 10.2 Å². The molecule has 1 aliphatic heterocycles. The lowest BCUT2D eigenvalue weighted by molar-refractivity contribution is -0.134. The van der Waals surface area contributed by atoms with E-state index in [0.717, 1.165) is 16.3 Å². The molecule has 0 spiro atoms. The Balaban J connectivity index is 1.25. The lowest BCUT2D eigenvalue weighted by Crippen LogP contribution is -2.28. The standard InChI is InChI=1S/C44H44Br2N4O11/c1-53-13-14-60-41(43(51)49-47-23-26-17-35(54-2)39(45)36(18-26)55-3)29-10-9-28-7-6-8-31(32(28)21-29)25-61-42(30-11-12-33-34(22-30)59-16-15-58-33)44(52)50-48-24-27-19-37(56-4)40(46)38(20-27)57-5/h6-12,17-24,41-42H,13-16,25H2,1-5H3,(H,49,51)(H,50,52). The molecule has 0 bridgehead atoms. The summed E-state index contributed by atoms with van der Waals surface area (Å²) in [5.41, 5.74) is 8.30. The molecule has 0 saturated heterocycles. The Morgan fingerprint density at radius 1 is 0.656 bits per heavy atom. The maximum absolute atomic E-state index is 13.9. The number of methoxy groups -OCH3 is 5. The van der Waals surface area contributed by atoms with Gasteiger partial charge in [-0.25, -0.2) is 10.9 Å². The Morgan fingerprint density at radius 3 is 1.74 bits per heavy atom. The summed E-state index contributed by atoms with van der Waals surface area (Å²) in [6.07, 6.45) is 0.773. The number of amides is 2. The second-order valence-electron chi connectivity index (χ2n) is 13.2. The summed E-state index contributed by atoms with van der Waals surface area (Å²) in [5.74, 6) is 2.16. The van der Waals surface area contributed by atoms with Crippen molar-refractivity contribution in [3.63, 3.8) is 0 Å². The first kappa shape index (κ1) is 44.8. The van der Waals surface area contributed by atoms with Crippen LogP contribution in [-0.4, -0.2) is 86.2 Å². The molecule has 0 saturated carbocycles. The number of fused-ring (bicyclic) bond motifs is 2. The van der Waals surface area contributed by atoms with Crippen molar-refractivity contribution in [3.05, 3.63) is 116 Å². The number of hydrogen-bond acceptors (Lipinski definition) is 13. The number of carbonyl (C=O) groups is 2. The fourth-order valence-corrected chi connectivity index (χ4v) is 7.43. The summed E-state index contributed by atoms with van der Waals surface area (Å²) >= 11 is 6.92. The molecule has 0 aliphatic carbocycles. The summed E-state index contributed by atoms with van der Waals surface area (Å²) in [7, 11) is 7.71. The zero-order valence-electron chi connectivity index (χ0n) is 34.0.